The first-order valence-corrected chi connectivity index (χ1v) is 10.9. The summed E-state index contributed by atoms with van der Waals surface area (Å²) in [7, 11) is -1.87. The lowest BCUT2D eigenvalue weighted by molar-refractivity contribution is 0.0476. The largest absolute Gasteiger partial charge is 0.444 e. The van der Waals surface area contributed by atoms with Gasteiger partial charge in [0.05, 0.1) is 6.10 Å². The van der Waals surface area contributed by atoms with Gasteiger partial charge in [0.15, 0.2) is 8.32 Å². The topological polar surface area (TPSA) is 47.6 Å². The molecule has 0 saturated carbocycles. The SMILES string of the molecule is C#C[C@@H](NC(=O)OC(C)(C)C)[C@@H](C)O[Si](C)(C)CC(C)(C)C. The lowest BCUT2D eigenvalue weighted by Crippen LogP contribution is -2.48. The molecule has 0 radical (unpaired) electrons. The summed E-state index contributed by atoms with van der Waals surface area (Å²) in [4.78, 5) is 11.9. The second kappa shape index (κ2) is 7.52. The molecule has 0 aromatic heterocycles. The molecule has 1 N–H and O–H groups in total. The van der Waals surface area contributed by atoms with Crippen LogP contribution in [0.25, 0.3) is 0 Å². The third-order valence-electron chi connectivity index (χ3n) is 2.78. The number of ether oxygens (including phenoxy) is 1. The van der Waals surface area contributed by atoms with Gasteiger partial charge in [0.25, 0.3) is 0 Å². The second-order valence-corrected chi connectivity index (χ2v) is 12.7. The fourth-order valence-electron chi connectivity index (χ4n) is 2.62. The van der Waals surface area contributed by atoms with Crippen LogP contribution in [0.2, 0.25) is 19.1 Å². The Kier molecular flexibility index (Phi) is 7.18. The van der Waals surface area contributed by atoms with E-state index >= 15 is 0 Å². The standard InChI is InChI=1S/C17H33NO3Si/c1-11-14(18-15(19)20-17(6,7)8)13(2)21-22(9,10)12-16(3,4)5/h1,13-14H,12H2,2-10H3,(H,18,19)/t13-,14-/m1/s1. The molecule has 0 heterocycles. The average molecular weight is 328 g/mol. The zero-order valence-corrected chi connectivity index (χ0v) is 16.7. The van der Waals surface area contributed by atoms with Crippen LogP contribution in [0.3, 0.4) is 0 Å². The van der Waals surface area contributed by atoms with Crippen LogP contribution in [-0.2, 0) is 9.16 Å². The molecular formula is C17H33NO3Si. The van der Waals surface area contributed by atoms with Gasteiger partial charge in [0, 0.05) is 0 Å². The van der Waals surface area contributed by atoms with Gasteiger partial charge in [-0.1, -0.05) is 26.7 Å². The monoisotopic (exact) mass is 327 g/mol. The van der Waals surface area contributed by atoms with Crippen LogP contribution < -0.4 is 5.32 Å². The van der Waals surface area contributed by atoms with Crippen LogP contribution in [0.1, 0.15) is 48.5 Å². The van der Waals surface area contributed by atoms with Crippen molar-refractivity contribution in [3.05, 3.63) is 0 Å². The Labute approximate surface area is 137 Å². The summed E-state index contributed by atoms with van der Waals surface area (Å²) in [6.45, 7) is 18.3. The molecule has 0 aliphatic heterocycles. The van der Waals surface area contributed by atoms with Crippen LogP contribution in [0, 0.1) is 17.8 Å². The van der Waals surface area contributed by atoms with Crippen molar-refractivity contribution in [1.29, 1.82) is 0 Å². The van der Waals surface area contributed by atoms with Crippen molar-refractivity contribution in [2.24, 2.45) is 5.41 Å². The van der Waals surface area contributed by atoms with Gasteiger partial charge in [-0.3, -0.25) is 0 Å². The number of carbonyl (C=O) groups excluding carboxylic acids is 1. The molecule has 1 amide bonds. The number of nitrogens with one attached hydrogen (secondary N) is 1. The van der Waals surface area contributed by atoms with Crippen molar-refractivity contribution in [1.82, 2.24) is 5.32 Å². The lowest BCUT2D eigenvalue weighted by Gasteiger charge is -2.35. The molecule has 4 nitrogen and oxygen atoms in total. The molecule has 2 atom stereocenters. The third kappa shape index (κ3) is 9.86. The number of alkyl carbamates (subject to hydrolysis) is 1. The minimum atomic E-state index is -1.87. The maximum atomic E-state index is 11.9. The summed E-state index contributed by atoms with van der Waals surface area (Å²) in [5.74, 6) is 2.59. The van der Waals surface area contributed by atoms with Gasteiger partial charge in [-0.2, -0.15) is 0 Å². The molecule has 0 fully saturated rings. The Morgan fingerprint density at radius 3 is 2.09 bits per heavy atom. The van der Waals surface area contributed by atoms with Gasteiger partial charge < -0.3 is 14.5 Å². The number of terminal acetylenes is 1. The van der Waals surface area contributed by atoms with Crippen molar-refractivity contribution in [2.75, 3.05) is 0 Å². The molecule has 0 bridgehead atoms. The third-order valence-corrected chi connectivity index (χ3v) is 5.70. The Morgan fingerprint density at radius 2 is 1.73 bits per heavy atom. The zero-order chi connectivity index (χ0) is 17.8. The Bertz CT molecular complexity index is 413. The number of carbonyl (C=O) groups is 1. The van der Waals surface area contributed by atoms with Crippen molar-refractivity contribution >= 4 is 14.4 Å². The quantitative estimate of drug-likeness (QED) is 0.609. The first kappa shape index (κ1) is 21.0. The first-order chi connectivity index (χ1) is 9.65. The van der Waals surface area contributed by atoms with E-state index in [1.54, 1.807) is 0 Å². The van der Waals surface area contributed by atoms with Crippen molar-refractivity contribution in [3.63, 3.8) is 0 Å². The van der Waals surface area contributed by atoms with E-state index in [4.69, 9.17) is 15.6 Å². The van der Waals surface area contributed by atoms with E-state index < -0.39 is 26.1 Å². The zero-order valence-electron chi connectivity index (χ0n) is 15.7. The Morgan fingerprint density at radius 1 is 1.23 bits per heavy atom. The maximum absolute atomic E-state index is 11.9. The van der Waals surface area contributed by atoms with E-state index in [0.717, 1.165) is 6.04 Å². The summed E-state index contributed by atoms with van der Waals surface area (Å²) in [6.07, 6.45) is 4.79. The highest BCUT2D eigenvalue weighted by atomic mass is 28.4. The Balaban J connectivity index is 4.70. The van der Waals surface area contributed by atoms with Gasteiger partial charge >= 0.3 is 6.09 Å². The van der Waals surface area contributed by atoms with E-state index in [1.165, 1.54) is 0 Å². The fraction of sp³-hybridized carbons (Fsp3) is 0.824. The molecule has 0 saturated heterocycles. The molecule has 0 spiro atoms. The van der Waals surface area contributed by atoms with E-state index in [9.17, 15) is 4.79 Å². The predicted octanol–water partition coefficient (Wildman–Crippen LogP) is 4.17. The van der Waals surface area contributed by atoms with Crippen LogP contribution in [0.4, 0.5) is 4.79 Å². The Hall–Kier alpha value is -0.993. The van der Waals surface area contributed by atoms with E-state index in [0.29, 0.717) is 0 Å². The van der Waals surface area contributed by atoms with Gasteiger partial charge in [-0.05, 0) is 52.2 Å². The highest BCUT2D eigenvalue weighted by molar-refractivity contribution is 6.71. The minimum absolute atomic E-state index is 0.208. The second-order valence-electron chi connectivity index (χ2n) is 8.61. The van der Waals surface area contributed by atoms with Crippen molar-refractivity contribution in [3.8, 4) is 12.3 Å². The number of hydrogen-bond donors (Lipinski definition) is 1. The molecule has 0 aromatic carbocycles. The van der Waals surface area contributed by atoms with Crippen molar-refractivity contribution in [2.45, 2.75) is 85.4 Å². The van der Waals surface area contributed by atoms with Crippen LogP contribution in [0.5, 0.6) is 0 Å². The molecule has 22 heavy (non-hydrogen) atoms. The van der Waals surface area contributed by atoms with Gasteiger partial charge in [-0.25, -0.2) is 4.79 Å². The van der Waals surface area contributed by atoms with E-state index in [-0.39, 0.29) is 11.5 Å². The van der Waals surface area contributed by atoms with Gasteiger partial charge in [0.1, 0.15) is 11.6 Å². The average Bonchev–Trinajstić information content (AvgIpc) is 2.18. The number of amides is 1. The summed E-state index contributed by atoms with van der Waals surface area (Å²) in [5.41, 5.74) is -0.340. The molecule has 0 unspecified atom stereocenters. The van der Waals surface area contributed by atoms with Gasteiger partial charge in [-0.15, -0.1) is 6.42 Å². The molecular weight excluding hydrogens is 294 g/mol. The highest BCUT2D eigenvalue weighted by Gasteiger charge is 2.33. The smallest absolute Gasteiger partial charge is 0.408 e. The minimum Gasteiger partial charge on any atom is -0.444 e. The van der Waals surface area contributed by atoms with Crippen molar-refractivity contribution < 1.29 is 14.0 Å². The first-order valence-electron chi connectivity index (χ1n) is 7.79. The summed E-state index contributed by atoms with van der Waals surface area (Å²) < 4.78 is 11.5. The van der Waals surface area contributed by atoms with E-state index in [1.807, 2.05) is 27.7 Å². The lowest BCUT2D eigenvalue weighted by atomic mass is 10.0. The summed E-state index contributed by atoms with van der Waals surface area (Å²) in [6, 6.07) is 0.523. The summed E-state index contributed by atoms with van der Waals surface area (Å²) in [5, 5.41) is 2.71. The molecule has 5 heteroatoms. The van der Waals surface area contributed by atoms with Crippen LogP contribution in [0.15, 0.2) is 0 Å². The maximum Gasteiger partial charge on any atom is 0.408 e. The van der Waals surface area contributed by atoms with Gasteiger partial charge in [0.2, 0.25) is 0 Å². The van der Waals surface area contributed by atoms with Crippen LogP contribution in [-0.4, -0.2) is 32.2 Å². The molecule has 0 aliphatic carbocycles. The number of hydrogen-bond acceptors (Lipinski definition) is 3. The highest BCUT2D eigenvalue weighted by Crippen LogP contribution is 2.29. The molecule has 0 aliphatic rings. The fourth-order valence-corrected chi connectivity index (χ4v) is 6.40. The van der Waals surface area contributed by atoms with Crippen LogP contribution >= 0.6 is 0 Å². The summed E-state index contributed by atoms with van der Waals surface area (Å²) >= 11 is 0. The normalized spacial score (nSPS) is 15.6. The predicted molar refractivity (Wildman–Crippen MR) is 94.3 cm³/mol. The molecule has 0 aromatic rings. The number of rotatable bonds is 5. The van der Waals surface area contributed by atoms with E-state index in [2.05, 4.69) is 45.1 Å². The molecule has 0 rings (SSSR count). The molecule has 128 valence electrons.